The largest absolute Gasteiger partial charge is 0.382 e. The van der Waals surface area contributed by atoms with E-state index in [9.17, 15) is 4.79 Å². The van der Waals surface area contributed by atoms with Crippen LogP contribution in [0.5, 0.6) is 0 Å². The Kier molecular flexibility index (Phi) is 6.83. The SMILES string of the molecule is CCOCCCNCC(=O)N1CCc2sccc2C1c1ccc(C)cc1. The molecule has 1 aliphatic rings. The van der Waals surface area contributed by atoms with E-state index in [2.05, 4.69) is 48.0 Å². The van der Waals surface area contributed by atoms with Gasteiger partial charge in [0, 0.05) is 24.6 Å². The van der Waals surface area contributed by atoms with Gasteiger partial charge in [-0.25, -0.2) is 0 Å². The number of carbonyl (C=O) groups excluding carboxylic acids is 1. The van der Waals surface area contributed by atoms with Gasteiger partial charge in [-0.05, 0) is 55.8 Å². The first kappa shape index (κ1) is 19.1. The number of benzene rings is 1. The average Bonchev–Trinajstić information content (AvgIpc) is 3.13. The van der Waals surface area contributed by atoms with Crippen LogP contribution in [0, 0.1) is 6.92 Å². The quantitative estimate of drug-likeness (QED) is 0.721. The molecular formula is C21H28N2O2S. The number of nitrogens with zero attached hydrogens (tertiary/aromatic N) is 1. The fourth-order valence-corrected chi connectivity index (χ4v) is 4.34. The van der Waals surface area contributed by atoms with E-state index in [1.807, 2.05) is 11.8 Å². The predicted octanol–water partition coefficient (Wildman–Crippen LogP) is 3.55. The molecule has 0 bridgehead atoms. The fourth-order valence-electron chi connectivity index (χ4n) is 3.43. The molecule has 1 aliphatic heterocycles. The van der Waals surface area contributed by atoms with Crippen LogP contribution in [0.25, 0.3) is 0 Å². The van der Waals surface area contributed by atoms with Crippen molar-refractivity contribution < 1.29 is 9.53 Å². The summed E-state index contributed by atoms with van der Waals surface area (Å²) in [5, 5.41) is 5.42. The topological polar surface area (TPSA) is 41.6 Å². The Morgan fingerprint density at radius 3 is 2.88 bits per heavy atom. The summed E-state index contributed by atoms with van der Waals surface area (Å²) in [6.07, 6.45) is 1.88. The molecule has 0 aliphatic carbocycles. The molecule has 1 unspecified atom stereocenters. The van der Waals surface area contributed by atoms with Crippen LogP contribution in [0.3, 0.4) is 0 Å². The third-order valence-corrected chi connectivity index (χ3v) is 5.80. The third kappa shape index (κ3) is 4.53. The Morgan fingerprint density at radius 2 is 2.12 bits per heavy atom. The van der Waals surface area contributed by atoms with Gasteiger partial charge in [-0.1, -0.05) is 29.8 Å². The van der Waals surface area contributed by atoms with Crippen LogP contribution in [0.15, 0.2) is 35.7 Å². The molecule has 2 heterocycles. The summed E-state index contributed by atoms with van der Waals surface area (Å²) >= 11 is 1.80. The molecule has 0 spiro atoms. The number of ether oxygens (including phenoxy) is 1. The highest BCUT2D eigenvalue weighted by atomic mass is 32.1. The summed E-state index contributed by atoms with van der Waals surface area (Å²) in [4.78, 5) is 16.3. The van der Waals surface area contributed by atoms with Crippen LogP contribution in [0.4, 0.5) is 0 Å². The molecule has 0 saturated heterocycles. The van der Waals surface area contributed by atoms with Gasteiger partial charge in [0.25, 0.3) is 0 Å². The van der Waals surface area contributed by atoms with E-state index >= 15 is 0 Å². The minimum Gasteiger partial charge on any atom is -0.382 e. The first-order chi connectivity index (χ1) is 12.7. The smallest absolute Gasteiger partial charge is 0.237 e. The minimum absolute atomic E-state index is 0.0309. The zero-order valence-corrected chi connectivity index (χ0v) is 16.5. The summed E-state index contributed by atoms with van der Waals surface area (Å²) in [6.45, 7) is 7.55. The highest BCUT2D eigenvalue weighted by molar-refractivity contribution is 7.10. The lowest BCUT2D eigenvalue weighted by Gasteiger charge is -2.36. The molecule has 3 rings (SSSR count). The second-order valence-electron chi connectivity index (χ2n) is 6.68. The van der Waals surface area contributed by atoms with Gasteiger partial charge in [0.15, 0.2) is 0 Å². The number of fused-ring (bicyclic) bond motifs is 1. The second-order valence-corrected chi connectivity index (χ2v) is 7.68. The van der Waals surface area contributed by atoms with E-state index in [1.54, 1.807) is 11.3 Å². The van der Waals surface area contributed by atoms with Gasteiger partial charge in [-0.2, -0.15) is 0 Å². The molecule has 26 heavy (non-hydrogen) atoms. The van der Waals surface area contributed by atoms with Crippen molar-refractivity contribution in [3.63, 3.8) is 0 Å². The molecule has 0 saturated carbocycles. The number of thiophene rings is 1. The van der Waals surface area contributed by atoms with Crippen molar-refractivity contribution >= 4 is 17.2 Å². The first-order valence-electron chi connectivity index (χ1n) is 9.41. The normalized spacial score (nSPS) is 16.5. The summed E-state index contributed by atoms with van der Waals surface area (Å²) in [6, 6.07) is 10.8. The summed E-state index contributed by atoms with van der Waals surface area (Å²) in [5.74, 6) is 0.170. The number of amides is 1. The second kappa shape index (κ2) is 9.31. The molecule has 1 aromatic carbocycles. The van der Waals surface area contributed by atoms with E-state index in [-0.39, 0.29) is 11.9 Å². The van der Waals surface area contributed by atoms with Crippen molar-refractivity contribution in [2.75, 3.05) is 32.8 Å². The van der Waals surface area contributed by atoms with Crippen molar-refractivity contribution in [1.29, 1.82) is 0 Å². The monoisotopic (exact) mass is 372 g/mol. The maximum Gasteiger partial charge on any atom is 0.237 e. The first-order valence-corrected chi connectivity index (χ1v) is 10.3. The van der Waals surface area contributed by atoms with E-state index in [1.165, 1.54) is 21.6 Å². The van der Waals surface area contributed by atoms with Crippen LogP contribution < -0.4 is 5.32 Å². The Morgan fingerprint density at radius 1 is 1.31 bits per heavy atom. The standard InChI is InChI=1S/C21H28N2O2S/c1-3-25-13-4-11-22-15-20(24)23-12-9-19-18(10-14-26-19)21(23)17-7-5-16(2)6-8-17/h5-8,10,14,21-22H,3-4,9,11-13,15H2,1-2H3. The Bertz CT molecular complexity index is 711. The van der Waals surface area contributed by atoms with Gasteiger partial charge in [0.1, 0.15) is 0 Å². The predicted molar refractivity (Wildman–Crippen MR) is 107 cm³/mol. The Labute approximate surface area is 160 Å². The number of nitrogens with one attached hydrogen (secondary N) is 1. The van der Waals surface area contributed by atoms with Crippen LogP contribution >= 0.6 is 11.3 Å². The van der Waals surface area contributed by atoms with E-state index < -0.39 is 0 Å². The van der Waals surface area contributed by atoms with Crippen molar-refractivity contribution in [3.8, 4) is 0 Å². The number of aryl methyl sites for hydroxylation is 1. The zero-order valence-electron chi connectivity index (χ0n) is 15.7. The van der Waals surface area contributed by atoms with Crippen molar-refractivity contribution in [1.82, 2.24) is 10.2 Å². The number of hydrogen-bond donors (Lipinski definition) is 1. The number of carbonyl (C=O) groups is 1. The minimum atomic E-state index is 0.0309. The number of hydrogen-bond acceptors (Lipinski definition) is 4. The number of rotatable bonds is 8. The van der Waals surface area contributed by atoms with Gasteiger partial charge in [-0.3, -0.25) is 4.79 Å². The third-order valence-electron chi connectivity index (χ3n) is 4.80. The van der Waals surface area contributed by atoms with E-state index in [0.717, 1.165) is 39.1 Å². The molecule has 5 heteroatoms. The van der Waals surface area contributed by atoms with Gasteiger partial charge >= 0.3 is 0 Å². The van der Waals surface area contributed by atoms with E-state index in [4.69, 9.17) is 4.74 Å². The zero-order chi connectivity index (χ0) is 18.4. The van der Waals surface area contributed by atoms with Gasteiger partial charge in [0.2, 0.25) is 5.91 Å². The molecule has 4 nitrogen and oxygen atoms in total. The molecule has 0 radical (unpaired) electrons. The summed E-state index contributed by atoms with van der Waals surface area (Å²) in [7, 11) is 0. The molecule has 2 aromatic rings. The van der Waals surface area contributed by atoms with Gasteiger partial charge < -0.3 is 15.0 Å². The van der Waals surface area contributed by atoms with Gasteiger partial charge in [-0.15, -0.1) is 11.3 Å². The van der Waals surface area contributed by atoms with Crippen LogP contribution in [0.2, 0.25) is 0 Å². The lowest BCUT2D eigenvalue weighted by atomic mass is 9.92. The van der Waals surface area contributed by atoms with Crippen molar-refractivity contribution in [2.45, 2.75) is 32.7 Å². The average molecular weight is 373 g/mol. The summed E-state index contributed by atoms with van der Waals surface area (Å²) in [5.41, 5.74) is 3.72. The van der Waals surface area contributed by atoms with Crippen LogP contribution in [0.1, 0.15) is 41.0 Å². The maximum absolute atomic E-state index is 12.9. The Hall–Kier alpha value is -1.69. The molecule has 0 fully saturated rings. The van der Waals surface area contributed by atoms with E-state index in [0.29, 0.717) is 6.54 Å². The lowest BCUT2D eigenvalue weighted by Crippen LogP contribution is -2.44. The van der Waals surface area contributed by atoms with Crippen molar-refractivity contribution in [3.05, 3.63) is 57.3 Å². The fraction of sp³-hybridized carbons (Fsp3) is 0.476. The highest BCUT2D eigenvalue weighted by Crippen LogP contribution is 2.37. The molecular weight excluding hydrogens is 344 g/mol. The Balaban J connectivity index is 1.69. The van der Waals surface area contributed by atoms with Crippen molar-refractivity contribution in [2.24, 2.45) is 0 Å². The maximum atomic E-state index is 12.9. The molecule has 140 valence electrons. The molecule has 1 amide bonds. The van der Waals surface area contributed by atoms with Gasteiger partial charge in [0.05, 0.1) is 12.6 Å². The molecule has 1 N–H and O–H groups in total. The highest BCUT2D eigenvalue weighted by Gasteiger charge is 2.32. The van der Waals surface area contributed by atoms with Crippen LogP contribution in [-0.4, -0.2) is 43.7 Å². The molecule has 1 aromatic heterocycles. The molecule has 1 atom stereocenters. The lowest BCUT2D eigenvalue weighted by molar-refractivity contribution is -0.132. The van der Waals surface area contributed by atoms with Crippen LogP contribution in [-0.2, 0) is 16.0 Å². The summed E-state index contributed by atoms with van der Waals surface area (Å²) < 4.78 is 5.34.